The Morgan fingerprint density at radius 3 is 2.08 bits per heavy atom. The van der Waals surface area contributed by atoms with Gasteiger partial charge in [0.1, 0.15) is 17.4 Å². The van der Waals surface area contributed by atoms with Gasteiger partial charge in [-0.15, -0.1) is 0 Å². The first-order chi connectivity index (χ1) is 11.2. The average molecular weight is 352 g/mol. The van der Waals surface area contributed by atoms with Gasteiger partial charge < -0.3 is 4.74 Å². The fourth-order valence-electron chi connectivity index (χ4n) is 3.82. The van der Waals surface area contributed by atoms with E-state index in [1.165, 1.54) is 0 Å². The fourth-order valence-corrected chi connectivity index (χ4v) is 3.82. The second-order valence-corrected chi connectivity index (χ2v) is 6.56. The first kappa shape index (κ1) is 17.4. The van der Waals surface area contributed by atoms with Crippen molar-refractivity contribution in [1.82, 2.24) is 0 Å². The largest absolute Gasteiger partial charge is 0.489 e. The molecule has 0 aromatic heterocycles. The number of hydrogen-bond acceptors (Lipinski definition) is 1. The smallest absolute Gasteiger partial charge is 0.420 e. The van der Waals surface area contributed by atoms with E-state index in [2.05, 4.69) is 0 Å². The maximum absolute atomic E-state index is 13.4. The first-order valence-corrected chi connectivity index (χ1v) is 8.15. The van der Waals surface area contributed by atoms with Crippen LogP contribution in [0.5, 0.6) is 5.75 Å². The Labute approximate surface area is 136 Å². The SMILES string of the molecule is FC(F)(F)c1ccc2c(c1C(F)(F)F)OC(C1CCCCC1)CC2. The standard InChI is InChI=1S/C17H18F6O/c18-16(19,20)12-8-6-11-7-9-13(10-4-2-1-3-5-10)24-15(11)14(12)17(21,22)23/h6,8,10,13H,1-5,7,9H2. The molecule has 1 heterocycles. The highest BCUT2D eigenvalue weighted by atomic mass is 19.4. The summed E-state index contributed by atoms with van der Waals surface area (Å²) in [4.78, 5) is 0. The van der Waals surface area contributed by atoms with Crippen molar-refractivity contribution in [3.63, 3.8) is 0 Å². The van der Waals surface area contributed by atoms with Gasteiger partial charge in [-0.2, -0.15) is 26.3 Å². The van der Waals surface area contributed by atoms with Crippen LogP contribution in [0.3, 0.4) is 0 Å². The second-order valence-electron chi connectivity index (χ2n) is 6.56. The Kier molecular flexibility index (Phi) is 4.47. The highest BCUT2D eigenvalue weighted by Crippen LogP contribution is 2.49. The third-order valence-electron chi connectivity index (χ3n) is 4.97. The molecular weight excluding hydrogens is 334 g/mol. The maximum Gasteiger partial charge on any atom is 0.420 e. The topological polar surface area (TPSA) is 9.23 Å². The van der Waals surface area contributed by atoms with Crippen LogP contribution >= 0.6 is 0 Å². The lowest BCUT2D eigenvalue weighted by atomic mass is 9.82. The molecule has 24 heavy (non-hydrogen) atoms. The van der Waals surface area contributed by atoms with E-state index in [-0.39, 0.29) is 11.5 Å². The van der Waals surface area contributed by atoms with E-state index in [0.29, 0.717) is 18.9 Å². The molecule has 1 aromatic carbocycles. The molecule has 0 saturated heterocycles. The van der Waals surface area contributed by atoms with Crippen LogP contribution in [0, 0.1) is 5.92 Å². The number of aryl methyl sites for hydroxylation is 1. The van der Waals surface area contributed by atoms with Gasteiger partial charge in [0.25, 0.3) is 0 Å². The normalized spacial score (nSPS) is 22.8. The van der Waals surface area contributed by atoms with Crippen LogP contribution in [-0.4, -0.2) is 6.10 Å². The minimum Gasteiger partial charge on any atom is -0.489 e. The summed E-state index contributed by atoms with van der Waals surface area (Å²) in [6.07, 6.45) is -4.93. The summed E-state index contributed by atoms with van der Waals surface area (Å²) in [7, 11) is 0. The average Bonchev–Trinajstić information content (AvgIpc) is 2.52. The van der Waals surface area contributed by atoms with E-state index in [1.807, 2.05) is 0 Å². The fraction of sp³-hybridized carbons (Fsp3) is 0.647. The third-order valence-corrected chi connectivity index (χ3v) is 4.97. The molecule has 0 spiro atoms. The van der Waals surface area contributed by atoms with Crippen molar-refractivity contribution in [2.75, 3.05) is 0 Å². The van der Waals surface area contributed by atoms with Crippen LogP contribution in [-0.2, 0) is 18.8 Å². The summed E-state index contributed by atoms with van der Waals surface area (Å²) in [5.74, 6) is -0.485. The molecule has 1 aliphatic carbocycles. The van der Waals surface area contributed by atoms with Gasteiger partial charge in [-0.1, -0.05) is 25.3 Å². The predicted octanol–water partition coefficient (Wildman–Crippen LogP) is 6.00. The van der Waals surface area contributed by atoms with Crippen LogP contribution in [0.2, 0.25) is 0 Å². The number of benzene rings is 1. The number of ether oxygens (including phenoxy) is 1. The lowest BCUT2D eigenvalue weighted by Crippen LogP contribution is -2.34. The summed E-state index contributed by atoms with van der Waals surface area (Å²) in [6.45, 7) is 0. The molecule has 134 valence electrons. The molecule has 3 rings (SSSR count). The van der Waals surface area contributed by atoms with Gasteiger partial charge in [-0.25, -0.2) is 0 Å². The van der Waals surface area contributed by atoms with Gasteiger partial charge in [0, 0.05) is 0 Å². The van der Waals surface area contributed by atoms with E-state index < -0.39 is 35.3 Å². The minimum atomic E-state index is -5.11. The number of hydrogen-bond donors (Lipinski definition) is 0. The zero-order valence-electron chi connectivity index (χ0n) is 12.9. The van der Waals surface area contributed by atoms with Crippen molar-refractivity contribution in [2.45, 2.75) is 63.4 Å². The van der Waals surface area contributed by atoms with Crippen LogP contribution in [0.15, 0.2) is 12.1 Å². The van der Waals surface area contributed by atoms with E-state index in [4.69, 9.17) is 4.74 Å². The van der Waals surface area contributed by atoms with Crippen molar-refractivity contribution in [3.8, 4) is 5.75 Å². The zero-order chi connectivity index (χ0) is 17.5. The molecule has 0 radical (unpaired) electrons. The minimum absolute atomic E-state index is 0.127. The molecular formula is C17H18F6O. The molecule has 0 amide bonds. The maximum atomic E-state index is 13.4. The Hall–Kier alpha value is -1.40. The summed E-state index contributed by atoms with van der Waals surface area (Å²) >= 11 is 0. The summed E-state index contributed by atoms with van der Waals surface area (Å²) in [6, 6.07) is 1.64. The van der Waals surface area contributed by atoms with Gasteiger partial charge in [0.15, 0.2) is 0 Å². The third kappa shape index (κ3) is 3.35. The zero-order valence-corrected chi connectivity index (χ0v) is 12.9. The molecule has 1 unspecified atom stereocenters. The molecule has 0 bridgehead atoms. The summed E-state index contributed by atoms with van der Waals surface area (Å²) < 4.78 is 84.7. The molecule has 1 fully saturated rings. The lowest BCUT2D eigenvalue weighted by molar-refractivity contribution is -0.163. The molecule has 0 N–H and O–H groups in total. The van der Waals surface area contributed by atoms with Crippen molar-refractivity contribution in [3.05, 3.63) is 28.8 Å². The molecule has 1 nitrogen and oxygen atoms in total. The van der Waals surface area contributed by atoms with Crippen molar-refractivity contribution in [2.24, 2.45) is 5.92 Å². The van der Waals surface area contributed by atoms with Crippen molar-refractivity contribution in [1.29, 1.82) is 0 Å². The van der Waals surface area contributed by atoms with Gasteiger partial charge >= 0.3 is 12.4 Å². The molecule has 1 saturated carbocycles. The lowest BCUT2D eigenvalue weighted by Gasteiger charge is -2.36. The Bertz CT molecular complexity index is 598. The summed E-state index contributed by atoms with van der Waals surface area (Å²) in [5, 5.41) is 0. The van der Waals surface area contributed by atoms with Crippen molar-refractivity contribution < 1.29 is 31.1 Å². The van der Waals surface area contributed by atoms with Crippen LogP contribution < -0.4 is 4.74 Å². The molecule has 1 aliphatic heterocycles. The number of fused-ring (bicyclic) bond motifs is 1. The quantitative estimate of drug-likeness (QED) is 0.564. The van der Waals surface area contributed by atoms with Crippen LogP contribution in [0.25, 0.3) is 0 Å². The van der Waals surface area contributed by atoms with Gasteiger partial charge in [0.2, 0.25) is 0 Å². The monoisotopic (exact) mass is 352 g/mol. The van der Waals surface area contributed by atoms with Gasteiger partial charge in [0.05, 0.1) is 5.56 Å². The Morgan fingerprint density at radius 1 is 0.833 bits per heavy atom. The van der Waals surface area contributed by atoms with Gasteiger partial charge in [-0.05, 0) is 43.2 Å². The Balaban J connectivity index is 2.01. The number of rotatable bonds is 1. The summed E-state index contributed by atoms with van der Waals surface area (Å²) in [5.41, 5.74) is -3.13. The Morgan fingerprint density at radius 2 is 1.50 bits per heavy atom. The van der Waals surface area contributed by atoms with E-state index >= 15 is 0 Å². The highest BCUT2D eigenvalue weighted by molar-refractivity contribution is 5.50. The van der Waals surface area contributed by atoms with E-state index in [0.717, 1.165) is 38.2 Å². The second kappa shape index (κ2) is 6.15. The van der Waals surface area contributed by atoms with Crippen molar-refractivity contribution >= 4 is 0 Å². The molecule has 7 heteroatoms. The number of alkyl halides is 6. The predicted molar refractivity (Wildman–Crippen MR) is 75.8 cm³/mol. The van der Waals surface area contributed by atoms with Crippen LogP contribution in [0.4, 0.5) is 26.3 Å². The van der Waals surface area contributed by atoms with Crippen LogP contribution in [0.1, 0.15) is 55.2 Å². The molecule has 2 aliphatic rings. The molecule has 1 atom stereocenters. The molecule has 1 aromatic rings. The highest BCUT2D eigenvalue weighted by Gasteiger charge is 2.47. The first-order valence-electron chi connectivity index (χ1n) is 8.15. The number of halogens is 6. The van der Waals surface area contributed by atoms with E-state index in [9.17, 15) is 26.3 Å². The van der Waals surface area contributed by atoms with Gasteiger partial charge in [-0.3, -0.25) is 0 Å². The van der Waals surface area contributed by atoms with E-state index in [1.54, 1.807) is 0 Å².